The Bertz CT molecular complexity index is 533. The van der Waals surface area contributed by atoms with E-state index < -0.39 is 23.8 Å². The maximum atomic E-state index is 11.8. The Balaban J connectivity index is 2.57. The van der Waals surface area contributed by atoms with Gasteiger partial charge in [0.15, 0.2) is 0 Å². The molecule has 1 aromatic carbocycles. The number of hydrogen-bond donors (Lipinski definition) is 2. The maximum Gasteiger partial charge on any atom is 0.326 e. The highest BCUT2D eigenvalue weighted by molar-refractivity contribution is 9.10. The van der Waals surface area contributed by atoms with Gasteiger partial charge >= 0.3 is 5.97 Å². The molecule has 1 rings (SSSR count). The Morgan fingerprint density at radius 3 is 2.60 bits per heavy atom. The molecule has 0 aliphatic heterocycles. The number of carboxylic acid groups (broad SMARTS) is 1. The summed E-state index contributed by atoms with van der Waals surface area (Å²) in [4.78, 5) is 35.4. The summed E-state index contributed by atoms with van der Waals surface area (Å²) in [5.74, 6) is -1.96. The molecule has 0 saturated carbocycles. The maximum absolute atomic E-state index is 11.8. The van der Waals surface area contributed by atoms with Crippen LogP contribution in [-0.2, 0) is 9.59 Å². The molecule has 0 aromatic heterocycles. The molecular weight excluding hydrogens is 328 g/mol. The summed E-state index contributed by atoms with van der Waals surface area (Å²) in [6.45, 7) is 1.15. The Hall–Kier alpha value is -1.89. The Kier molecular flexibility index (Phi) is 5.69. The fourth-order valence-corrected chi connectivity index (χ4v) is 1.79. The SMILES string of the molecule is CC(C(=O)O)N(C)C(=O)CNC(=O)c1cccc(Br)c1. The number of carbonyl (C=O) groups excluding carboxylic acids is 2. The molecular formula is C13H15BrN2O4. The van der Waals surface area contributed by atoms with E-state index in [4.69, 9.17) is 5.11 Å². The largest absolute Gasteiger partial charge is 0.480 e. The van der Waals surface area contributed by atoms with Crippen molar-refractivity contribution < 1.29 is 19.5 Å². The molecule has 0 heterocycles. The van der Waals surface area contributed by atoms with Crippen LogP contribution in [-0.4, -0.2) is 47.4 Å². The molecule has 1 unspecified atom stereocenters. The number of rotatable bonds is 5. The van der Waals surface area contributed by atoms with Crippen molar-refractivity contribution in [3.05, 3.63) is 34.3 Å². The number of hydrogen-bond acceptors (Lipinski definition) is 3. The topological polar surface area (TPSA) is 86.7 Å². The first-order valence-electron chi connectivity index (χ1n) is 5.85. The molecule has 0 saturated heterocycles. The molecule has 108 valence electrons. The number of nitrogens with one attached hydrogen (secondary N) is 1. The molecule has 0 aliphatic carbocycles. The van der Waals surface area contributed by atoms with Gasteiger partial charge in [-0.3, -0.25) is 9.59 Å². The number of benzene rings is 1. The van der Waals surface area contributed by atoms with E-state index in [9.17, 15) is 14.4 Å². The number of amides is 2. The highest BCUT2D eigenvalue weighted by atomic mass is 79.9. The van der Waals surface area contributed by atoms with Crippen molar-refractivity contribution in [3.8, 4) is 0 Å². The van der Waals surface area contributed by atoms with Gasteiger partial charge in [-0.05, 0) is 25.1 Å². The van der Waals surface area contributed by atoms with Crippen molar-refractivity contribution >= 4 is 33.7 Å². The highest BCUT2D eigenvalue weighted by Crippen LogP contribution is 2.11. The van der Waals surface area contributed by atoms with Gasteiger partial charge in [-0.2, -0.15) is 0 Å². The third-order valence-corrected chi connectivity index (χ3v) is 3.31. The van der Waals surface area contributed by atoms with Gasteiger partial charge in [-0.25, -0.2) is 4.79 Å². The summed E-state index contributed by atoms with van der Waals surface area (Å²) >= 11 is 3.25. The molecule has 7 heteroatoms. The van der Waals surface area contributed by atoms with E-state index in [-0.39, 0.29) is 6.54 Å². The van der Waals surface area contributed by atoms with Crippen molar-refractivity contribution in [2.75, 3.05) is 13.6 Å². The summed E-state index contributed by atoms with van der Waals surface area (Å²) in [6.07, 6.45) is 0. The first-order chi connectivity index (χ1) is 9.32. The van der Waals surface area contributed by atoms with Crippen LogP contribution >= 0.6 is 15.9 Å². The molecule has 0 aliphatic rings. The van der Waals surface area contributed by atoms with Gasteiger partial charge in [0.2, 0.25) is 5.91 Å². The van der Waals surface area contributed by atoms with Gasteiger partial charge in [0, 0.05) is 17.1 Å². The van der Waals surface area contributed by atoms with Crippen LogP contribution in [0.5, 0.6) is 0 Å². The van der Waals surface area contributed by atoms with E-state index in [2.05, 4.69) is 21.2 Å². The van der Waals surface area contributed by atoms with Crippen LogP contribution in [0.15, 0.2) is 28.7 Å². The van der Waals surface area contributed by atoms with E-state index in [0.29, 0.717) is 5.56 Å². The average Bonchev–Trinajstić information content (AvgIpc) is 2.42. The molecule has 2 N–H and O–H groups in total. The summed E-state index contributed by atoms with van der Waals surface area (Å²) in [5, 5.41) is 11.3. The predicted molar refractivity (Wildman–Crippen MR) is 76.3 cm³/mol. The predicted octanol–water partition coefficient (Wildman–Crippen LogP) is 1.11. The van der Waals surface area contributed by atoms with E-state index in [1.165, 1.54) is 14.0 Å². The van der Waals surface area contributed by atoms with Gasteiger partial charge in [0.05, 0.1) is 6.54 Å². The third-order valence-electron chi connectivity index (χ3n) is 2.82. The van der Waals surface area contributed by atoms with Crippen molar-refractivity contribution in [1.29, 1.82) is 0 Å². The minimum absolute atomic E-state index is 0.251. The summed E-state index contributed by atoms with van der Waals surface area (Å²) in [5.41, 5.74) is 0.418. The van der Waals surface area contributed by atoms with Crippen LogP contribution in [0.4, 0.5) is 0 Å². The molecule has 6 nitrogen and oxygen atoms in total. The van der Waals surface area contributed by atoms with Gasteiger partial charge in [0.25, 0.3) is 5.91 Å². The molecule has 0 fully saturated rings. The van der Waals surface area contributed by atoms with E-state index in [1.54, 1.807) is 24.3 Å². The second kappa shape index (κ2) is 7.04. The molecule has 0 radical (unpaired) electrons. The zero-order valence-electron chi connectivity index (χ0n) is 11.1. The fraction of sp³-hybridized carbons (Fsp3) is 0.308. The highest BCUT2D eigenvalue weighted by Gasteiger charge is 2.21. The van der Waals surface area contributed by atoms with Crippen molar-refractivity contribution in [2.24, 2.45) is 0 Å². The van der Waals surface area contributed by atoms with Gasteiger partial charge in [0.1, 0.15) is 6.04 Å². The number of nitrogens with zero attached hydrogens (tertiary/aromatic N) is 1. The molecule has 1 aromatic rings. The van der Waals surface area contributed by atoms with Crippen LogP contribution in [0.1, 0.15) is 17.3 Å². The number of carboxylic acids is 1. The third kappa shape index (κ3) is 4.34. The van der Waals surface area contributed by atoms with Gasteiger partial charge in [-0.15, -0.1) is 0 Å². The van der Waals surface area contributed by atoms with E-state index in [1.807, 2.05) is 0 Å². The number of carbonyl (C=O) groups is 3. The Labute approximate surface area is 124 Å². The number of aliphatic carboxylic acids is 1. The first-order valence-corrected chi connectivity index (χ1v) is 6.64. The zero-order valence-corrected chi connectivity index (χ0v) is 12.7. The Morgan fingerprint density at radius 2 is 2.05 bits per heavy atom. The lowest BCUT2D eigenvalue weighted by Crippen LogP contribution is -2.45. The minimum atomic E-state index is -1.10. The summed E-state index contributed by atoms with van der Waals surface area (Å²) in [6, 6.07) is 5.80. The van der Waals surface area contributed by atoms with Crippen LogP contribution in [0.2, 0.25) is 0 Å². The first kappa shape index (κ1) is 16.2. The van der Waals surface area contributed by atoms with Gasteiger partial charge in [-0.1, -0.05) is 22.0 Å². The molecule has 2 amide bonds. The van der Waals surface area contributed by atoms with Crippen LogP contribution in [0.3, 0.4) is 0 Å². The monoisotopic (exact) mass is 342 g/mol. The lowest BCUT2D eigenvalue weighted by atomic mass is 10.2. The summed E-state index contributed by atoms with van der Waals surface area (Å²) in [7, 11) is 1.38. The van der Waals surface area contributed by atoms with E-state index in [0.717, 1.165) is 9.37 Å². The van der Waals surface area contributed by atoms with E-state index >= 15 is 0 Å². The van der Waals surface area contributed by atoms with Crippen molar-refractivity contribution in [3.63, 3.8) is 0 Å². The number of halogens is 1. The Morgan fingerprint density at radius 1 is 1.40 bits per heavy atom. The van der Waals surface area contributed by atoms with Crippen molar-refractivity contribution in [1.82, 2.24) is 10.2 Å². The summed E-state index contributed by atoms with van der Waals surface area (Å²) < 4.78 is 0.757. The van der Waals surface area contributed by atoms with Crippen LogP contribution in [0.25, 0.3) is 0 Å². The zero-order chi connectivity index (χ0) is 15.3. The lowest BCUT2D eigenvalue weighted by molar-refractivity contribution is -0.147. The van der Waals surface area contributed by atoms with Crippen LogP contribution in [0, 0.1) is 0 Å². The standard InChI is InChI=1S/C13H15BrN2O4/c1-8(13(19)20)16(2)11(17)7-15-12(18)9-4-3-5-10(14)6-9/h3-6,8H,7H2,1-2H3,(H,15,18)(H,19,20). The van der Waals surface area contributed by atoms with Gasteiger partial charge < -0.3 is 15.3 Å². The molecule has 20 heavy (non-hydrogen) atoms. The van der Waals surface area contributed by atoms with Crippen LogP contribution < -0.4 is 5.32 Å². The normalized spacial score (nSPS) is 11.6. The average molecular weight is 343 g/mol. The lowest BCUT2D eigenvalue weighted by Gasteiger charge is -2.21. The minimum Gasteiger partial charge on any atom is -0.480 e. The second-order valence-electron chi connectivity index (χ2n) is 4.21. The quantitative estimate of drug-likeness (QED) is 0.839. The molecule has 0 spiro atoms. The smallest absolute Gasteiger partial charge is 0.326 e. The molecule has 0 bridgehead atoms. The second-order valence-corrected chi connectivity index (χ2v) is 5.13. The fourth-order valence-electron chi connectivity index (χ4n) is 1.39. The van der Waals surface area contributed by atoms with Crippen molar-refractivity contribution in [2.45, 2.75) is 13.0 Å². The number of likely N-dealkylation sites (N-methyl/N-ethyl adjacent to an activating group) is 1. The molecule has 1 atom stereocenters.